The minimum Gasteiger partial charge on any atom is -0.297 e. The van der Waals surface area contributed by atoms with Crippen LogP contribution in [0.1, 0.15) is 13.8 Å². The topological polar surface area (TPSA) is 17.1 Å². The van der Waals surface area contributed by atoms with Crippen LogP contribution in [0.15, 0.2) is 0 Å². The average molecular weight is 337 g/mol. The van der Waals surface area contributed by atoms with E-state index in [-0.39, 0.29) is 14.9 Å². The van der Waals surface area contributed by atoms with Crippen LogP contribution < -0.4 is 0 Å². The van der Waals surface area contributed by atoms with Gasteiger partial charge in [-0.15, -0.1) is 0 Å². The molecule has 1 unspecified atom stereocenters. The van der Waals surface area contributed by atoms with Crippen molar-refractivity contribution in [2.45, 2.75) is 23.0 Å². The van der Waals surface area contributed by atoms with Crippen LogP contribution in [0.5, 0.6) is 0 Å². The van der Waals surface area contributed by atoms with Gasteiger partial charge in [-0.2, -0.15) is 0 Å². The van der Waals surface area contributed by atoms with Crippen molar-refractivity contribution in [3.05, 3.63) is 0 Å². The second kappa shape index (κ2) is 4.21. The van der Waals surface area contributed by atoms with E-state index in [9.17, 15) is 4.79 Å². The molecule has 0 aliphatic carbocycles. The average Bonchev–Trinajstić information content (AvgIpc) is 1.83. The molecular weight excluding hydrogens is 328 g/mol. The molecule has 1 atom stereocenters. The molecule has 0 aliphatic heterocycles. The number of hydrogen-bond acceptors (Lipinski definition) is 1. The van der Waals surface area contributed by atoms with E-state index in [0.29, 0.717) is 5.33 Å². The molecule has 0 saturated heterocycles. The number of alkyl halides is 3. The zero-order chi connectivity index (χ0) is 8.36. The predicted molar refractivity (Wildman–Crippen MR) is 54.5 cm³/mol. The van der Waals surface area contributed by atoms with E-state index in [2.05, 4.69) is 47.8 Å². The van der Waals surface area contributed by atoms with Crippen molar-refractivity contribution in [2.24, 2.45) is 0 Å². The molecule has 0 rings (SSSR count). The van der Waals surface area contributed by atoms with E-state index >= 15 is 0 Å². The fraction of sp³-hybridized carbons (Fsp3) is 0.833. The molecule has 0 fully saturated rings. The summed E-state index contributed by atoms with van der Waals surface area (Å²) in [5.41, 5.74) is 0. The molecule has 1 nitrogen and oxygen atoms in total. The molecular formula is C6H9Br3O. The molecule has 0 N–H and O–H groups in total. The summed E-state index contributed by atoms with van der Waals surface area (Å²) in [6.45, 7) is 3.90. The van der Waals surface area contributed by atoms with Crippen LogP contribution in [0.25, 0.3) is 0 Å². The second-order valence-corrected chi connectivity index (χ2v) is 6.05. The Morgan fingerprint density at radius 2 is 2.00 bits per heavy atom. The first-order chi connectivity index (χ1) is 4.39. The highest BCUT2D eigenvalue weighted by molar-refractivity contribution is 9.13. The van der Waals surface area contributed by atoms with E-state index in [1.165, 1.54) is 0 Å². The highest BCUT2D eigenvalue weighted by Crippen LogP contribution is 2.27. The summed E-state index contributed by atoms with van der Waals surface area (Å²) in [5.74, 6) is 0.155. The standard InChI is InChI=1S/C6H9Br3O/c1-6(2,9)5(8)4(10)3-7/h5H,3H2,1-2H3. The molecule has 0 bridgehead atoms. The quantitative estimate of drug-likeness (QED) is 0.724. The third-order valence-electron chi connectivity index (χ3n) is 1.02. The largest absolute Gasteiger partial charge is 0.297 e. The minimum absolute atomic E-state index is 0.126. The predicted octanol–water partition coefficient (Wildman–Crippen LogP) is 2.89. The van der Waals surface area contributed by atoms with Gasteiger partial charge in [0.05, 0.1) is 10.2 Å². The summed E-state index contributed by atoms with van der Waals surface area (Å²) >= 11 is 9.80. The van der Waals surface area contributed by atoms with Crippen LogP contribution in [0.2, 0.25) is 0 Å². The SMILES string of the molecule is CC(C)(Br)C(Br)C(=O)CBr. The summed E-state index contributed by atoms with van der Waals surface area (Å²) in [5, 5.41) is 0.401. The smallest absolute Gasteiger partial charge is 0.158 e. The lowest BCUT2D eigenvalue weighted by Gasteiger charge is -2.21. The van der Waals surface area contributed by atoms with Crippen molar-refractivity contribution in [2.75, 3.05) is 5.33 Å². The molecule has 0 radical (unpaired) electrons. The number of ketones is 1. The molecule has 0 aromatic carbocycles. The number of carbonyl (C=O) groups excluding carboxylic acids is 1. The third-order valence-corrected chi connectivity index (χ3v) is 4.30. The summed E-state index contributed by atoms with van der Waals surface area (Å²) in [6, 6.07) is 0. The molecule has 0 aromatic heterocycles. The normalized spacial score (nSPS) is 14.9. The van der Waals surface area contributed by atoms with Gasteiger partial charge in [0.15, 0.2) is 5.78 Å². The Hall–Kier alpha value is 1.11. The zero-order valence-corrected chi connectivity index (χ0v) is 10.6. The number of hydrogen-bond donors (Lipinski definition) is 0. The molecule has 0 aromatic rings. The van der Waals surface area contributed by atoms with Gasteiger partial charge in [0.1, 0.15) is 0 Å². The first-order valence-electron chi connectivity index (χ1n) is 2.81. The Morgan fingerprint density at radius 3 is 2.10 bits per heavy atom. The third kappa shape index (κ3) is 3.49. The van der Waals surface area contributed by atoms with E-state index in [1.54, 1.807) is 0 Å². The first-order valence-corrected chi connectivity index (χ1v) is 5.64. The van der Waals surface area contributed by atoms with Gasteiger partial charge in [0, 0.05) is 4.32 Å². The first kappa shape index (κ1) is 11.1. The maximum Gasteiger partial charge on any atom is 0.158 e. The van der Waals surface area contributed by atoms with Crippen LogP contribution in [0.3, 0.4) is 0 Å². The van der Waals surface area contributed by atoms with Gasteiger partial charge >= 0.3 is 0 Å². The van der Waals surface area contributed by atoms with Crippen LogP contribution in [-0.2, 0) is 4.79 Å². The van der Waals surface area contributed by atoms with Crippen LogP contribution in [0.4, 0.5) is 0 Å². The Kier molecular flexibility index (Phi) is 4.68. The summed E-state index contributed by atoms with van der Waals surface area (Å²) < 4.78 is -0.169. The van der Waals surface area contributed by atoms with E-state index in [1.807, 2.05) is 13.8 Å². The minimum atomic E-state index is -0.169. The van der Waals surface area contributed by atoms with Crippen molar-refractivity contribution in [1.29, 1.82) is 0 Å². The lowest BCUT2D eigenvalue weighted by molar-refractivity contribution is -0.116. The summed E-state index contributed by atoms with van der Waals surface area (Å²) in [7, 11) is 0. The zero-order valence-electron chi connectivity index (χ0n) is 5.83. The maximum absolute atomic E-state index is 11.0. The number of rotatable bonds is 3. The van der Waals surface area contributed by atoms with Crippen molar-refractivity contribution in [3.8, 4) is 0 Å². The Morgan fingerprint density at radius 1 is 1.60 bits per heavy atom. The van der Waals surface area contributed by atoms with Gasteiger partial charge < -0.3 is 0 Å². The highest BCUT2D eigenvalue weighted by Gasteiger charge is 2.29. The van der Waals surface area contributed by atoms with Gasteiger partial charge in [0.2, 0.25) is 0 Å². The van der Waals surface area contributed by atoms with Crippen LogP contribution >= 0.6 is 47.8 Å². The lowest BCUT2D eigenvalue weighted by Crippen LogP contribution is -2.32. The van der Waals surface area contributed by atoms with E-state index in [4.69, 9.17) is 0 Å². The monoisotopic (exact) mass is 334 g/mol. The van der Waals surface area contributed by atoms with Crippen molar-refractivity contribution in [3.63, 3.8) is 0 Å². The molecule has 0 spiro atoms. The van der Waals surface area contributed by atoms with Gasteiger partial charge in [-0.1, -0.05) is 47.8 Å². The molecule has 4 heteroatoms. The number of carbonyl (C=O) groups is 1. The van der Waals surface area contributed by atoms with Crippen LogP contribution in [-0.4, -0.2) is 20.3 Å². The van der Waals surface area contributed by atoms with Gasteiger partial charge in [-0.3, -0.25) is 4.79 Å². The second-order valence-electron chi connectivity index (χ2n) is 2.53. The fourth-order valence-electron chi connectivity index (χ4n) is 0.451. The Bertz CT molecular complexity index is 127. The molecule has 0 saturated carbocycles. The number of halogens is 3. The molecule has 60 valence electrons. The molecule has 0 aliphatic rings. The maximum atomic E-state index is 11.0. The van der Waals surface area contributed by atoms with E-state index in [0.717, 1.165) is 0 Å². The Labute approximate surface area is 86.3 Å². The molecule has 0 heterocycles. The van der Waals surface area contributed by atoms with Gasteiger partial charge in [-0.05, 0) is 13.8 Å². The van der Waals surface area contributed by atoms with E-state index < -0.39 is 0 Å². The number of Topliss-reactive ketones (excluding diaryl/α,β-unsaturated/α-hetero) is 1. The van der Waals surface area contributed by atoms with Crippen molar-refractivity contribution < 1.29 is 4.79 Å². The van der Waals surface area contributed by atoms with Crippen LogP contribution in [0, 0.1) is 0 Å². The lowest BCUT2D eigenvalue weighted by atomic mass is 10.1. The molecule has 10 heavy (non-hydrogen) atoms. The van der Waals surface area contributed by atoms with Gasteiger partial charge in [0.25, 0.3) is 0 Å². The van der Waals surface area contributed by atoms with Crippen molar-refractivity contribution in [1.82, 2.24) is 0 Å². The highest BCUT2D eigenvalue weighted by atomic mass is 79.9. The fourth-order valence-corrected chi connectivity index (χ4v) is 1.63. The van der Waals surface area contributed by atoms with Crippen molar-refractivity contribution >= 4 is 53.6 Å². The Balaban J connectivity index is 4.08. The summed E-state index contributed by atoms with van der Waals surface area (Å²) in [4.78, 5) is 10.9. The molecule has 0 amide bonds. The van der Waals surface area contributed by atoms with Gasteiger partial charge in [-0.25, -0.2) is 0 Å². The summed E-state index contributed by atoms with van der Waals surface area (Å²) in [6.07, 6.45) is 0.